The molecule has 0 saturated heterocycles. The van der Waals surface area contributed by atoms with Gasteiger partial charge in [0.25, 0.3) is 0 Å². The molecule has 0 bridgehead atoms. The molecule has 0 rings (SSSR count). The standard InChI is InChI=1S/C11H25NO2/c1-4-7-12-8-6-11(2)14-10-5-9-13-3/h11-12H,4-10H2,1-3H3. The number of hydrogen-bond acceptors (Lipinski definition) is 3. The van der Waals surface area contributed by atoms with Crippen LogP contribution in [0.3, 0.4) is 0 Å². The molecule has 0 aliphatic heterocycles. The molecule has 3 heteroatoms. The summed E-state index contributed by atoms with van der Waals surface area (Å²) in [5, 5.41) is 3.36. The molecule has 0 aromatic rings. The molecule has 0 aliphatic carbocycles. The highest BCUT2D eigenvalue weighted by Gasteiger charge is 2.00. The van der Waals surface area contributed by atoms with E-state index in [2.05, 4.69) is 19.2 Å². The van der Waals surface area contributed by atoms with Crippen LogP contribution in [0.15, 0.2) is 0 Å². The first-order valence-corrected chi connectivity index (χ1v) is 5.62. The van der Waals surface area contributed by atoms with Gasteiger partial charge in [-0.15, -0.1) is 0 Å². The molecular weight excluding hydrogens is 178 g/mol. The van der Waals surface area contributed by atoms with Crippen LogP contribution in [0.4, 0.5) is 0 Å². The molecule has 0 heterocycles. The van der Waals surface area contributed by atoms with Crippen molar-refractivity contribution in [2.24, 2.45) is 0 Å². The van der Waals surface area contributed by atoms with Gasteiger partial charge in [0.05, 0.1) is 6.10 Å². The molecule has 0 fully saturated rings. The lowest BCUT2D eigenvalue weighted by molar-refractivity contribution is 0.0459. The SMILES string of the molecule is CCCNCCC(C)OCCCOC. The van der Waals surface area contributed by atoms with Gasteiger partial charge in [0.15, 0.2) is 0 Å². The van der Waals surface area contributed by atoms with Gasteiger partial charge in [0, 0.05) is 20.3 Å². The topological polar surface area (TPSA) is 30.5 Å². The molecule has 14 heavy (non-hydrogen) atoms. The maximum absolute atomic E-state index is 5.60. The smallest absolute Gasteiger partial charge is 0.0559 e. The van der Waals surface area contributed by atoms with E-state index < -0.39 is 0 Å². The average molecular weight is 203 g/mol. The van der Waals surface area contributed by atoms with Gasteiger partial charge >= 0.3 is 0 Å². The van der Waals surface area contributed by atoms with Gasteiger partial charge in [0.1, 0.15) is 0 Å². The third-order valence-corrected chi connectivity index (χ3v) is 2.05. The van der Waals surface area contributed by atoms with Gasteiger partial charge in [-0.05, 0) is 39.3 Å². The van der Waals surface area contributed by atoms with E-state index in [9.17, 15) is 0 Å². The predicted octanol–water partition coefficient (Wildman–Crippen LogP) is 1.82. The van der Waals surface area contributed by atoms with Crippen LogP contribution in [-0.2, 0) is 9.47 Å². The number of methoxy groups -OCH3 is 1. The third kappa shape index (κ3) is 9.96. The van der Waals surface area contributed by atoms with Gasteiger partial charge in [-0.3, -0.25) is 0 Å². The Bertz CT molecular complexity index is 97.5. The van der Waals surface area contributed by atoms with E-state index in [4.69, 9.17) is 9.47 Å². The van der Waals surface area contributed by atoms with Crippen molar-refractivity contribution in [2.75, 3.05) is 33.4 Å². The summed E-state index contributed by atoms with van der Waals surface area (Å²) in [5.74, 6) is 0. The van der Waals surface area contributed by atoms with Crippen LogP contribution in [0.2, 0.25) is 0 Å². The van der Waals surface area contributed by atoms with E-state index in [1.807, 2.05) is 0 Å². The lowest BCUT2D eigenvalue weighted by atomic mass is 10.3. The Kier molecular flexibility index (Phi) is 10.9. The summed E-state index contributed by atoms with van der Waals surface area (Å²) in [6.45, 7) is 8.07. The van der Waals surface area contributed by atoms with Crippen molar-refractivity contribution in [3.63, 3.8) is 0 Å². The Labute approximate surface area is 88.2 Å². The van der Waals surface area contributed by atoms with E-state index in [1.165, 1.54) is 6.42 Å². The lowest BCUT2D eigenvalue weighted by Crippen LogP contribution is -2.21. The Morgan fingerprint density at radius 1 is 1.21 bits per heavy atom. The van der Waals surface area contributed by atoms with Crippen molar-refractivity contribution in [3.05, 3.63) is 0 Å². The number of hydrogen-bond donors (Lipinski definition) is 1. The molecule has 0 radical (unpaired) electrons. The second kappa shape index (κ2) is 11.0. The summed E-state index contributed by atoms with van der Waals surface area (Å²) < 4.78 is 10.5. The zero-order valence-electron chi connectivity index (χ0n) is 9.84. The maximum atomic E-state index is 5.60. The van der Waals surface area contributed by atoms with Gasteiger partial charge < -0.3 is 14.8 Å². The number of rotatable bonds is 10. The van der Waals surface area contributed by atoms with Crippen molar-refractivity contribution in [1.82, 2.24) is 5.32 Å². The normalized spacial score (nSPS) is 13.1. The van der Waals surface area contributed by atoms with E-state index in [0.29, 0.717) is 6.10 Å². The fraction of sp³-hybridized carbons (Fsp3) is 1.00. The largest absolute Gasteiger partial charge is 0.385 e. The van der Waals surface area contributed by atoms with Crippen molar-refractivity contribution in [3.8, 4) is 0 Å². The van der Waals surface area contributed by atoms with Gasteiger partial charge in [-0.25, -0.2) is 0 Å². The summed E-state index contributed by atoms with van der Waals surface area (Å²) in [6, 6.07) is 0. The van der Waals surface area contributed by atoms with Crippen molar-refractivity contribution < 1.29 is 9.47 Å². The molecule has 3 nitrogen and oxygen atoms in total. The second-order valence-electron chi connectivity index (χ2n) is 3.57. The molecule has 1 unspecified atom stereocenters. The summed E-state index contributed by atoms with van der Waals surface area (Å²) in [5.41, 5.74) is 0. The van der Waals surface area contributed by atoms with Gasteiger partial charge in [-0.1, -0.05) is 6.92 Å². The molecule has 1 atom stereocenters. The lowest BCUT2D eigenvalue weighted by Gasteiger charge is -2.13. The second-order valence-corrected chi connectivity index (χ2v) is 3.57. The van der Waals surface area contributed by atoms with Crippen molar-refractivity contribution >= 4 is 0 Å². The van der Waals surface area contributed by atoms with Crippen molar-refractivity contribution in [2.45, 2.75) is 39.2 Å². The first-order valence-electron chi connectivity index (χ1n) is 5.62. The molecule has 0 spiro atoms. The van der Waals surface area contributed by atoms with Crippen LogP contribution in [0.25, 0.3) is 0 Å². The maximum Gasteiger partial charge on any atom is 0.0559 e. The highest BCUT2D eigenvalue weighted by Crippen LogP contribution is 1.97. The first-order chi connectivity index (χ1) is 6.81. The Morgan fingerprint density at radius 3 is 2.64 bits per heavy atom. The fourth-order valence-corrected chi connectivity index (χ4v) is 1.18. The van der Waals surface area contributed by atoms with Crippen LogP contribution in [-0.4, -0.2) is 39.5 Å². The summed E-state index contributed by atoms with van der Waals surface area (Å²) in [6.07, 6.45) is 3.63. The van der Waals surface area contributed by atoms with E-state index >= 15 is 0 Å². The summed E-state index contributed by atoms with van der Waals surface area (Å²) in [7, 11) is 1.72. The van der Waals surface area contributed by atoms with Crippen LogP contribution < -0.4 is 5.32 Å². The minimum Gasteiger partial charge on any atom is -0.385 e. The summed E-state index contributed by atoms with van der Waals surface area (Å²) >= 11 is 0. The minimum atomic E-state index is 0.358. The quantitative estimate of drug-likeness (QED) is 0.549. The molecular formula is C11H25NO2. The molecule has 0 saturated carbocycles. The molecule has 86 valence electrons. The predicted molar refractivity (Wildman–Crippen MR) is 59.7 cm³/mol. The average Bonchev–Trinajstić information content (AvgIpc) is 2.19. The Morgan fingerprint density at radius 2 is 2.00 bits per heavy atom. The Hall–Kier alpha value is -0.120. The van der Waals surface area contributed by atoms with E-state index in [1.54, 1.807) is 7.11 Å². The van der Waals surface area contributed by atoms with Crippen LogP contribution in [0.1, 0.15) is 33.1 Å². The van der Waals surface area contributed by atoms with E-state index in [-0.39, 0.29) is 0 Å². The van der Waals surface area contributed by atoms with Crippen LogP contribution in [0, 0.1) is 0 Å². The molecule has 0 aromatic heterocycles. The molecule has 1 N–H and O–H groups in total. The summed E-state index contributed by atoms with van der Waals surface area (Å²) in [4.78, 5) is 0. The van der Waals surface area contributed by atoms with Gasteiger partial charge in [-0.2, -0.15) is 0 Å². The Balaban J connectivity index is 3.07. The number of ether oxygens (including phenoxy) is 2. The zero-order chi connectivity index (χ0) is 10.6. The van der Waals surface area contributed by atoms with Crippen molar-refractivity contribution in [1.29, 1.82) is 0 Å². The highest BCUT2D eigenvalue weighted by molar-refractivity contribution is 4.54. The minimum absolute atomic E-state index is 0.358. The number of nitrogens with one attached hydrogen (secondary N) is 1. The molecule has 0 aromatic carbocycles. The van der Waals surface area contributed by atoms with Crippen LogP contribution in [0.5, 0.6) is 0 Å². The zero-order valence-corrected chi connectivity index (χ0v) is 9.84. The fourth-order valence-electron chi connectivity index (χ4n) is 1.18. The van der Waals surface area contributed by atoms with E-state index in [0.717, 1.165) is 39.1 Å². The highest BCUT2D eigenvalue weighted by atomic mass is 16.5. The first kappa shape index (κ1) is 13.9. The van der Waals surface area contributed by atoms with Crippen LogP contribution >= 0.6 is 0 Å². The van der Waals surface area contributed by atoms with Gasteiger partial charge in [0.2, 0.25) is 0 Å². The molecule has 0 aliphatic rings. The third-order valence-electron chi connectivity index (χ3n) is 2.05. The monoisotopic (exact) mass is 203 g/mol. The molecule has 0 amide bonds.